The number of ether oxygens (including phenoxy) is 1. The van der Waals surface area contributed by atoms with E-state index in [0.717, 1.165) is 4.68 Å². The molecular weight excluding hydrogens is 162 g/mol. The van der Waals surface area contributed by atoms with Gasteiger partial charge in [-0.3, -0.25) is 0 Å². The van der Waals surface area contributed by atoms with Crippen molar-refractivity contribution in [3.8, 4) is 6.01 Å². The summed E-state index contributed by atoms with van der Waals surface area (Å²) in [6.07, 6.45) is 0. The molecule has 0 aliphatic carbocycles. The summed E-state index contributed by atoms with van der Waals surface area (Å²) in [5, 5.41) is 12.3. The fraction of sp³-hybridized carbons (Fsp3) is 0.500. The second-order valence-electron chi connectivity index (χ2n) is 2.08. The molecule has 0 saturated heterocycles. The molecule has 1 rings (SSSR count). The van der Waals surface area contributed by atoms with Crippen LogP contribution in [0.15, 0.2) is 0 Å². The number of nitrogens with zero attached hydrogens (tertiary/aromatic N) is 3. The summed E-state index contributed by atoms with van der Waals surface area (Å²) < 4.78 is 6.07. The Bertz CT molecular complexity index is 294. The number of rotatable bonds is 3. The highest BCUT2D eigenvalue weighted by atomic mass is 16.5. The Morgan fingerprint density at radius 1 is 1.75 bits per heavy atom. The van der Waals surface area contributed by atoms with Crippen LogP contribution in [0.5, 0.6) is 6.01 Å². The van der Waals surface area contributed by atoms with Crippen LogP contribution < -0.4 is 4.74 Å². The summed E-state index contributed by atoms with van der Waals surface area (Å²) >= 11 is 0. The summed E-state index contributed by atoms with van der Waals surface area (Å²) in [4.78, 5) is 14.1. The van der Waals surface area contributed by atoms with Crippen molar-refractivity contribution in [3.63, 3.8) is 0 Å². The van der Waals surface area contributed by atoms with Crippen molar-refractivity contribution >= 4 is 5.97 Å². The fourth-order valence-electron chi connectivity index (χ4n) is 0.737. The van der Waals surface area contributed by atoms with Crippen LogP contribution in [0.2, 0.25) is 0 Å². The number of hydrogen-bond acceptors (Lipinski definition) is 4. The first-order chi connectivity index (χ1) is 5.65. The van der Waals surface area contributed by atoms with Crippen LogP contribution in [0.4, 0.5) is 0 Å². The van der Waals surface area contributed by atoms with Gasteiger partial charge in [-0.25, -0.2) is 9.48 Å². The van der Waals surface area contributed by atoms with Gasteiger partial charge >= 0.3 is 12.0 Å². The van der Waals surface area contributed by atoms with Crippen LogP contribution in [-0.2, 0) is 7.05 Å². The minimum Gasteiger partial charge on any atom is -0.475 e. The summed E-state index contributed by atoms with van der Waals surface area (Å²) in [7, 11) is 1.50. The molecule has 0 amide bonds. The van der Waals surface area contributed by atoms with Gasteiger partial charge in [0.15, 0.2) is 0 Å². The molecule has 0 aliphatic rings. The van der Waals surface area contributed by atoms with Gasteiger partial charge < -0.3 is 9.84 Å². The average Bonchev–Trinajstić information content (AvgIpc) is 2.32. The predicted molar refractivity (Wildman–Crippen MR) is 39.1 cm³/mol. The highest BCUT2D eigenvalue weighted by Gasteiger charge is 2.13. The third-order valence-electron chi connectivity index (χ3n) is 1.21. The van der Waals surface area contributed by atoms with Crippen LogP contribution >= 0.6 is 0 Å². The Morgan fingerprint density at radius 2 is 2.42 bits per heavy atom. The summed E-state index contributed by atoms with van der Waals surface area (Å²) in [5.74, 6) is -1.24. The Balaban J connectivity index is 2.92. The minimum atomic E-state index is -1.11. The smallest absolute Gasteiger partial charge is 0.373 e. The average molecular weight is 171 g/mol. The van der Waals surface area contributed by atoms with Crippen molar-refractivity contribution in [3.05, 3.63) is 5.82 Å². The van der Waals surface area contributed by atoms with Crippen molar-refractivity contribution in [2.75, 3.05) is 6.61 Å². The number of hydrogen-bond donors (Lipinski definition) is 1. The molecule has 0 fully saturated rings. The quantitative estimate of drug-likeness (QED) is 0.687. The van der Waals surface area contributed by atoms with E-state index in [1.54, 1.807) is 6.92 Å². The van der Waals surface area contributed by atoms with Crippen molar-refractivity contribution < 1.29 is 14.6 Å². The SMILES string of the molecule is CCOc1nc(C(=O)O)n(C)n1. The van der Waals surface area contributed by atoms with E-state index >= 15 is 0 Å². The molecule has 0 aromatic carbocycles. The maximum atomic E-state index is 10.5. The van der Waals surface area contributed by atoms with Crippen molar-refractivity contribution in [1.82, 2.24) is 14.8 Å². The molecule has 0 atom stereocenters. The molecule has 0 aliphatic heterocycles. The van der Waals surface area contributed by atoms with E-state index in [1.165, 1.54) is 7.05 Å². The van der Waals surface area contributed by atoms with Crippen molar-refractivity contribution in [2.45, 2.75) is 6.92 Å². The predicted octanol–water partition coefficient (Wildman–Crippen LogP) is -0.0880. The molecule has 6 nitrogen and oxygen atoms in total. The van der Waals surface area contributed by atoms with Crippen LogP contribution in [0.25, 0.3) is 0 Å². The first-order valence-corrected chi connectivity index (χ1v) is 3.42. The van der Waals surface area contributed by atoms with E-state index in [9.17, 15) is 4.79 Å². The zero-order valence-electron chi connectivity index (χ0n) is 6.81. The maximum absolute atomic E-state index is 10.5. The zero-order valence-corrected chi connectivity index (χ0v) is 6.81. The first-order valence-electron chi connectivity index (χ1n) is 3.42. The fourth-order valence-corrected chi connectivity index (χ4v) is 0.737. The number of carbonyl (C=O) groups is 1. The molecule has 1 heterocycles. The molecular formula is C6H9N3O3. The third-order valence-corrected chi connectivity index (χ3v) is 1.21. The molecule has 0 spiro atoms. The standard InChI is InChI=1S/C6H9N3O3/c1-3-12-6-7-4(5(10)11)9(2)8-6/h3H2,1-2H3,(H,10,11). The van der Waals surface area contributed by atoms with Crippen LogP contribution in [-0.4, -0.2) is 32.4 Å². The maximum Gasteiger partial charge on any atom is 0.373 e. The van der Waals surface area contributed by atoms with Crippen LogP contribution in [0, 0.1) is 0 Å². The van der Waals surface area contributed by atoms with Crippen molar-refractivity contribution in [2.24, 2.45) is 7.05 Å². The second-order valence-corrected chi connectivity index (χ2v) is 2.08. The summed E-state index contributed by atoms with van der Waals surface area (Å²) in [5.41, 5.74) is 0. The molecule has 0 unspecified atom stereocenters. The number of aromatic carboxylic acids is 1. The Morgan fingerprint density at radius 3 is 2.83 bits per heavy atom. The largest absolute Gasteiger partial charge is 0.475 e. The van der Waals surface area contributed by atoms with Gasteiger partial charge in [0.25, 0.3) is 0 Å². The van der Waals surface area contributed by atoms with Gasteiger partial charge in [-0.15, -0.1) is 5.10 Å². The number of carboxylic acid groups (broad SMARTS) is 1. The Labute approximate surface area is 68.8 Å². The van der Waals surface area contributed by atoms with Gasteiger partial charge in [0, 0.05) is 7.05 Å². The number of aromatic nitrogens is 3. The normalized spacial score (nSPS) is 9.83. The molecule has 1 N–H and O–H groups in total. The highest BCUT2D eigenvalue weighted by molar-refractivity contribution is 5.83. The van der Waals surface area contributed by atoms with E-state index < -0.39 is 5.97 Å². The van der Waals surface area contributed by atoms with Crippen LogP contribution in [0.1, 0.15) is 17.5 Å². The summed E-state index contributed by atoms with van der Waals surface area (Å²) in [6.45, 7) is 2.19. The molecule has 0 radical (unpaired) electrons. The molecule has 0 saturated carbocycles. The molecule has 1 aromatic heterocycles. The third kappa shape index (κ3) is 1.52. The van der Waals surface area contributed by atoms with E-state index in [0.29, 0.717) is 6.61 Å². The summed E-state index contributed by atoms with van der Waals surface area (Å²) in [6, 6.07) is 0.0948. The lowest BCUT2D eigenvalue weighted by Gasteiger charge is -1.91. The number of aryl methyl sites for hydroxylation is 1. The van der Waals surface area contributed by atoms with E-state index in [-0.39, 0.29) is 11.8 Å². The molecule has 1 aromatic rings. The van der Waals surface area contributed by atoms with Crippen LogP contribution in [0.3, 0.4) is 0 Å². The molecule has 12 heavy (non-hydrogen) atoms. The van der Waals surface area contributed by atoms with Gasteiger partial charge in [0.05, 0.1) is 6.61 Å². The monoisotopic (exact) mass is 171 g/mol. The van der Waals surface area contributed by atoms with E-state index in [4.69, 9.17) is 9.84 Å². The lowest BCUT2D eigenvalue weighted by molar-refractivity contribution is 0.0678. The van der Waals surface area contributed by atoms with E-state index in [2.05, 4.69) is 10.1 Å². The van der Waals surface area contributed by atoms with Gasteiger partial charge in [-0.05, 0) is 6.92 Å². The van der Waals surface area contributed by atoms with Gasteiger partial charge in [0.2, 0.25) is 5.82 Å². The minimum absolute atomic E-state index is 0.0948. The highest BCUT2D eigenvalue weighted by Crippen LogP contribution is 2.03. The molecule has 6 heteroatoms. The number of carboxylic acids is 1. The lowest BCUT2D eigenvalue weighted by atomic mass is 10.6. The molecule has 0 bridgehead atoms. The Kier molecular flexibility index (Phi) is 2.27. The first kappa shape index (κ1) is 8.51. The Hall–Kier alpha value is -1.59. The van der Waals surface area contributed by atoms with Gasteiger partial charge in [-0.1, -0.05) is 0 Å². The topological polar surface area (TPSA) is 77.2 Å². The van der Waals surface area contributed by atoms with Gasteiger partial charge in [0.1, 0.15) is 0 Å². The molecule has 66 valence electrons. The second kappa shape index (κ2) is 3.21. The zero-order chi connectivity index (χ0) is 9.14. The lowest BCUT2D eigenvalue weighted by Crippen LogP contribution is -2.06. The van der Waals surface area contributed by atoms with Gasteiger partial charge in [-0.2, -0.15) is 4.98 Å². The van der Waals surface area contributed by atoms with E-state index in [1.807, 2.05) is 0 Å². The van der Waals surface area contributed by atoms with Crippen molar-refractivity contribution in [1.29, 1.82) is 0 Å².